The van der Waals surface area contributed by atoms with Gasteiger partial charge in [0.1, 0.15) is 0 Å². The normalized spacial score (nSPS) is 13.1. The summed E-state index contributed by atoms with van der Waals surface area (Å²) >= 11 is 11.0. The molecule has 0 aliphatic rings. The Hall–Kier alpha value is 0.280. The Morgan fingerprint density at radius 2 is 2.33 bits per heavy atom. The molecule has 0 radical (unpaired) electrons. The van der Waals surface area contributed by atoms with Crippen molar-refractivity contribution in [1.82, 2.24) is 0 Å². The molecule has 1 nitrogen and oxygen atoms in total. The quantitative estimate of drug-likeness (QED) is 0.347. The molecule has 0 aromatic carbocycles. The first kappa shape index (κ1) is 9.28. The second-order valence-electron chi connectivity index (χ2n) is 1.58. The van der Waals surface area contributed by atoms with Crippen molar-refractivity contribution >= 4 is 23.2 Å². The van der Waals surface area contributed by atoms with Crippen molar-refractivity contribution in [1.29, 1.82) is 0 Å². The van der Waals surface area contributed by atoms with Gasteiger partial charge >= 0.3 is 0 Å². The molecule has 0 saturated heterocycles. The van der Waals surface area contributed by atoms with Crippen LogP contribution in [0.2, 0.25) is 0 Å². The van der Waals surface area contributed by atoms with Crippen molar-refractivity contribution in [2.24, 2.45) is 0 Å². The first-order valence-electron chi connectivity index (χ1n) is 2.70. The summed E-state index contributed by atoms with van der Waals surface area (Å²) in [7, 11) is 0. The summed E-state index contributed by atoms with van der Waals surface area (Å²) in [5.74, 6) is 0.429. The molecule has 1 unspecified atom stereocenters. The van der Waals surface area contributed by atoms with E-state index < -0.39 is 0 Å². The topological polar surface area (TPSA) is 9.23 Å². The van der Waals surface area contributed by atoms with Crippen molar-refractivity contribution in [2.75, 3.05) is 19.1 Å². The van der Waals surface area contributed by atoms with Crippen molar-refractivity contribution in [3.05, 3.63) is 12.7 Å². The molecule has 0 heterocycles. The molecule has 0 fully saturated rings. The Labute approximate surface area is 65.6 Å². The third-order valence-electron chi connectivity index (χ3n) is 0.702. The Morgan fingerprint density at radius 3 is 2.78 bits per heavy atom. The third kappa shape index (κ3) is 6.16. The van der Waals surface area contributed by atoms with Crippen LogP contribution in [0.15, 0.2) is 12.7 Å². The fourth-order valence-electron chi connectivity index (χ4n) is 0.324. The fourth-order valence-corrected chi connectivity index (χ4v) is 0.502. The molecule has 0 bridgehead atoms. The first-order chi connectivity index (χ1) is 4.31. The molecule has 0 aliphatic heterocycles. The van der Waals surface area contributed by atoms with Gasteiger partial charge in [-0.1, -0.05) is 6.08 Å². The van der Waals surface area contributed by atoms with Crippen LogP contribution < -0.4 is 0 Å². The fraction of sp³-hybridized carbons (Fsp3) is 0.667. The van der Waals surface area contributed by atoms with Gasteiger partial charge in [0.05, 0.1) is 18.6 Å². The Kier molecular flexibility index (Phi) is 6.60. The van der Waals surface area contributed by atoms with E-state index in [0.29, 0.717) is 19.1 Å². The van der Waals surface area contributed by atoms with Crippen LogP contribution in [0.5, 0.6) is 0 Å². The molecular weight excluding hydrogens is 159 g/mol. The minimum absolute atomic E-state index is 0.0772. The number of ether oxygens (including phenoxy) is 1. The largest absolute Gasteiger partial charge is 0.376 e. The molecule has 0 saturated carbocycles. The third-order valence-corrected chi connectivity index (χ3v) is 1.51. The second kappa shape index (κ2) is 6.40. The highest BCUT2D eigenvalue weighted by Gasteiger charge is 1.99. The van der Waals surface area contributed by atoms with E-state index in [-0.39, 0.29) is 5.38 Å². The van der Waals surface area contributed by atoms with Crippen molar-refractivity contribution in [3.8, 4) is 0 Å². The smallest absolute Gasteiger partial charge is 0.0705 e. The van der Waals surface area contributed by atoms with Gasteiger partial charge in [-0.15, -0.1) is 29.8 Å². The van der Waals surface area contributed by atoms with E-state index in [1.165, 1.54) is 0 Å². The van der Waals surface area contributed by atoms with Crippen molar-refractivity contribution in [2.45, 2.75) is 5.38 Å². The van der Waals surface area contributed by atoms with E-state index in [1.807, 2.05) is 0 Å². The molecule has 9 heavy (non-hydrogen) atoms. The van der Waals surface area contributed by atoms with E-state index >= 15 is 0 Å². The van der Waals surface area contributed by atoms with Crippen LogP contribution in [0.3, 0.4) is 0 Å². The highest BCUT2D eigenvalue weighted by atomic mass is 35.5. The highest BCUT2D eigenvalue weighted by Crippen LogP contribution is 1.98. The number of hydrogen-bond donors (Lipinski definition) is 0. The number of hydrogen-bond acceptors (Lipinski definition) is 1. The van der Waals surface area contributed by atoms with Crippen LogP contribution in [0.4, 0.5) is 0 Å². The average Bonchev–Trinajstić information content (AvgIpc) is 1.89. The summed E-state index contributed by atoms with van der Waals surface area (Å²) in [6.07, 6.45) is 1.68. The predicted octanol–water partition coefficient (Wildman–Crippen LogP) is 2.04. The van der Waals surface area contributed by atoms with E-state index in [0.717, 1.165) is 0 Å². The average molecular weight is 169 g/mol. The van der Waals surface area contributed by atoms with Gasteiger partial charge in [0.2, 0.25) is 0 Å². The molecule has 3 heteroatoms. The van der Waals surface area contributed by atoms with Gasteiger partial charge in [0, 0.05) is 5.88 Å². The zero-order valence-electron chi connectivity index (χ0n) is 5.15. The summed E-state index contributed by atoms with van der Waals surface area (Å²) in [6, 6.07) is 0. The zero-order chi connectivity index (χ0) is 7.11. The molecule has 0 rings (SSSR count). The SMILES string of the molecule is C=CCOCC(Cl)CCl. The first-order valence-corrected chi connectivity index (χ1v) is 3.67. The van der Waals surface area contributed by atoms with E-state index in [9.17, 15) is 0 Å². The summed E-state index contributed by atoms with van der Waals surface area (Å²) in [4.78, 5) is 0. The standard InChI is InChI=1S/C6H10Cl2O/c1-2-3-9-5-6(8)4-7/h2,6H,1,3-5H2. The predicted molar refractivity (Wildman–Crippen MR) is 41.4 cm³/mol. The molecule has 0 spiro atoms. The summed E-state index contributed by atoms with van der Waals surface area (Å²) in [5.41, 5.74) is 0. The Bertz CT molecular complexity index is 75.5. The zero-order valence-corrected chi connectivity index (χ0v) is 6.66. The molecule has 0 N–H and O–H groups in total. The Morgan fingerprint density at radius 1 is 1.67 bits per heavy atom. The van der Waals surface area contributed by atoms with E-state index in [4.69, 9.17) is 27.9 Å². The molecule has 0 aromatic heterocycles. The number of halogens is 2. The van der Waals surface area contributed by atoms with Crippen LogP contribution in [-0.4, -0.2) is 24.5 Å². The van der Waals surface area contributed by atoms with Gasteiger partial charge in [0.25, 0.3) is 0 Å². The summed E-state index contributed by atoms with van der Waals surface area (Å²) in [6.45, 7) is 4.52. The van der Waals surface area contributed by atoms with E-state index in [1.54, 1.807) is 6.08 Å². The minimum atomic E-state index is -0.0772. The minimum Gasteiger partial charge on any atom is -0.376 e. The number of alkyl halides is 2. The maximum Gasteiger partial charge on any atom is 0.0705 e. The van der Waals surface area contributed by atoms with Gasteiger partial charge in [-0.05, 0) is 0 Å². The molecule has 0 aliphatic carbocycles. The van der Waals surface area contributed by atoms with Crippen LogP contribution >= 0.6 is 23.2 Å². The molecule has 0 amide bonds. The van der Waals surface area contributed by atoms with Gasteiger partial charge in [0.15, 0.2) is 0 Å². The molecule has 1 atom stereocenters. The number of rotatable bonds is 5. The van der Waals surface area contributed by atoms with Crippen LogP contribution in [0.1, 0.15) is 0 Å². The molecular formula is C6H10Cl2O. The second-order valence-corrected chi connectivity index (χ2v) is 2.50. The van der Waals surface area contributed by atoms with Crippen LogP contribution in [0, 0.1) is 0 Å². The van der Waals surface area contributed by atoms with Crippen LogP contribution in [-0.2, 0) is 4.74 Å². The Balaban J connectivity index is 2.96. The van der Waals surface area contributed by atoms with Gasteiger partial charge in [-0.2, -0.15) is 0 Å². The summed E-state index contributed by atoms with van der Waals surface area (Å²) in [5, 5.41) is -0.0772. The monoisotopic (exact) mass is 168 g/mol. The lowest BCUT2D eigenvalue weighted by Crippen LogP contribution is -2.10. The van der Waals surface area contributed by atoms with Gasteiger partial charge < -0.3 is 4.74 Å². The van der Waals surface area contributed by atoms with Gasteiger partial charge in [-0.25, -0.2) is 0 Å². The lowest BCUT2D eigenvalue weighted by atomic mass is 10.5. The lowest BCUT2D eigenvalue weighted by Gasteiger charge is -2.03. The maximum atomic E-state index is 5.61. The molecule has 54 valence electrons. The van der Waals surface area contributed by atoms with Crippen LogP contribution in [0.25, 0.3) is 0 Å². The van der Waals surface area contributed by atoms with Crippen molar-refractivity contribution in [3.63, 3.8) is 0 Å². The highest BCUT2D eigenvalue weighted by molar-refractivity contribution is 6.28. The van der Waals surface area contributed by atoms with Gasteiger partial charge in [-0.3, -0.25) is 0 Å². The van der Waals surface area contributed by atoms with Crippen molar-refractivity contribution < 1.29 is 4.74 Å². The lowest BCUT2D eigenvalue weighted by molar-refractivity contribution is 0.166. The summed E-state index contributed by atoms with van der Waals surface area (Å²) < 4.78 is 5.00. The van der Waals surface area contributed by atoms with E-state index in [2.05, 4.69) is 6.58 Å². The maximum absolute atomic E-state index is 5.61. The molecule has 0 aromatic rings.